The number of rotatable bonds is 5. The zero-order valence-corrected chi connectivity index (χ0v) is 11.8. The van der Waals surface area contributed by atoms with Crippen molar-refractivity contribution in [1.82, 2.24) is 14.8 Å². The van der Waals surface area contributed by atoms with Gasteiger partial charge in [-0.05, 0) is 50.9 Å². The van der Waals surface area contributed by atoms with Gasteiger partial charge in [0, 0.05) is 24.8 Å². The van der Waals surface area contributed by atoms with Crippen molar-refractivity contribution in [3.05, 3.63) is 24.0 Å². The number of carbonyl (C=O) groups excluding carboxylic acids is 1. The van der Waals surface area contributed by atoms with E-state index in [2.05, 4.69) is 9.88 Å². The molecule has 1 aromatic rings. The van der Waals surface area contributed by atoms with Gasteiger partial charge in [0.15, 0.2) is 0 Å². The smallest absolute Gasteiger partial charge is 0.270 e. The lowest BCUT2D eigenvalue weighted by molar-refractivity contribution is 0.0693. The Hall–Kier alpha value is -1.33. The molecule has 0 unspecified atom stereocenters. The second-order valence-electron chi connectivity index (χ2n) is 5.74. The molecule has 5 nitrogen and oxygen atoms in total. The second kappa shape index (κ2) is 5.97. The molecule has 0 bridgehead atoms. The number of hydrogen-bond donors (Lipinski definition) is 2. The molecule has 3 rings (SSSR count). The van der Waals surface area contributed by atoms with Crippen LogP contribution in [0, 0.1) is 0 Å². The largest absolute Gasteiger partial charge is 0.395 e. The maximum Gasteiger partial charge on any atom is 0.270 e. The van der Waals surface area contributed by atoms with Gasteiger partial charge in [-0.25, -0.2) is 0 Å². The van der Waals surface area contributed by atoms with Crippen molar-refractivity contribution in [3.8, 4) is 0 Å². The van der Waals surface area contributed by atoms with E-state index >= 15 is 0 Å². The summed E-state index contributed by atoms with van der Waals surface area (Å²) in [5.74, 6) is 0.0742. The Morgan fingerprint density at radius 2 is 2.10 bits per heavy atom. The molecule has 2 aliphatic rings. The maximum absolute atomic E-state index is 12.7. The number of aliphatic hydroxyl groups is 1. The Morgan fingerprint density at radius 3 is 2.75 bits per heavy atom. The Kier molecular flexibility index (Phi) is 4.08. The molecule has 110 valence electrons. The number of hydrogen-bond acceptors (Lipinski definition) is 3. The molecule has 2 fully saturated rings. The first kappa shape index (κ1) is 13.6. The van der Waals surface area contributed by atoms with E-state index in [0.717, 1.165) is 44.5 Å². The molecule has 0 aromatic carbocycles. The maximum atomic E-state index is 12.7. The third kappa shape index (κ3) is 2.74. The first-order valence-electron chi connectivity index (χ1n) is 7.60. The van der Waals surface area contributed by atoms with Gasteiger partial charge >= 0.3 is 0 Å². The van der Waals surface area contributed by atoms with Gasteiger partial charge in [-0.1, -0.05) is 0 Å². The third-order valence-corrected chi connectivity index (χ3v) is 4.29. The van der Waals surface area contributed by atoms with Crippen LogP contribution >= 0.6 is 0 Å². The SMILES string of the molecule is O=C(c1cccn1C1CCNCC1)N(CCO)C1CC1. The lowest BCUT2D eigenvalue weighted by Crippen LogP contribution is -2.38. The van der Waals surface area contributed by atoms with Crippen LogP contribution in [0.1, 0.15) is 42.2 Å². The molecular formula is C15H23N3O2. The number of carbonyl (C=O) groups is 1. The molecule has 5 heteroatoms. The second-order valence-corrected chi connectivity index (χ2v) is 5.74. The fraction of sp³-hybridized carbons (Fsp3) is 0.667. The summed E-state index contributed by atoms with van der Waals surface area (Å²) in [6.07, 6.45) is 6.30. The van der Waals surface area contributed by atoms with E-state index in [4.69, 9.17) is 5.11 Å². The van der Waals surface area contributed by atoms with Crippen LogP contribution in [0.25, 0.3) is 0 Å². The molecule has 0 spiro atoms. The average Bonchev–Trinajstić information content (AvgIpc) is 3.20. The van der Waals surface area contributed by atoms with Crippen LogP contribution in [0.2, 0.25) is 0 Å². The lowest BCUT2D eigenvalue weighted by Gasteiger charge is -2.28. The zero-order chi connectivity index (χ0) is 13.9. The monoisotopic (exact) mass is 277 g/mol. The van der Waals surface area contributed by atoms with Crippen LogP contribution in [-0.2, 0) is 0 Å². The number of amides is 1. The fourth-order valence-electron chi connectivity index (χ4n) is 3.07. The van der Waals surface area contributed by atoms with Crippen molar-refractivity contribution >= 4 is 5.91 Å². The summed E-state index contributed by atoms with van der Waals surface area (Å²) in [7, 11) is 0. The number of nitrogens with zero attached hydrogens (tertiary/aromatic N) is 2. The molecule has 1 saturated carbocycles. The van der Waals surface area contributed by atoms with Crippen molar-refractivity contribution in [3.63, 3.8) is 0 Å². The first-order chi connectivity index (χ1) is 9.81. The summed E-state index contributed by atoms with van der Waals surface area (Å²) in [4.78, 5) is 14.6. The Balaban J connectivity index is 1.78. The van der Waals surface area contributed by atoms with Crippen LogP contribution in [-0.4, -0.2) is 52.8 Å². The molecule has 1 aromatic heterocycles. The van der Waals surface area contributed by atoms with E-state index in [1.807, 2.05) is 23.2 Å². The predicted octanol–water partition coefficient (Wildman–Crippen LogP) is 1.01. The van der Waals surface area contributed by atoms with E-state index in [1.54, 1.807) is 0 Å². The van der Waals surface area contributed by atoms with Gasteiger partial charge in [-0.15, -0.1) is 0 Å². The lowest BCUT2D eigenvalue weighted by atomic mass is 10.1. The molecule has 2 heterocycles. The minimum atomic E-state index is 0.0380. The van der Waals surface area contributed by atoms with E-state index < -0.39 is 0 Å². The molecule has 20 heavy (non-hydrogen) atoms. The molecule has 0 atom stereocenters. The highest BCUT2D eigenvalue weighted by Gasteiger charge is 2.34. The van der Waals surface area contributed by atoms with Crippen LogP contribution in [0.4, 0.5) is 0 Å². The highest BCUT2D eigenvalue weighted by molar-refractivity contribution is 5.93. The zero-order valence-electron chi connectivity index (χ0n) is 11.8. The van der Waals surface area contributed by atoms with Crippen LogP contribution in [0.15, 0.2) is 18.3 Å². The number of nitrogens with one attached hydrogen (secondary N) is 1. The topological polar surface area (TPSA) is 57.5 Å². The molecule has 1 aliphatic carbocycles. The summed E-state index contributed by atoms with van der Waals surface area (Å²) in [6.45, 7) is 2.51. The van der Waals surface area contributed by atoms with Crippen LogP contribution < -0.4 is 5.32 Å². The minimum absolute atomic E-state index is 0.0380. The van der Waals surface area contributed by atoms with Gasteiger partial charge in [0.2, 0.25) is 0 Å². The van der Waals surface area contributed by atoms with Crippen LogP contribution in [0.5, 0.6) is 0 Å². The quantitative estimate of drug-likeness (QED) is 0.844. The summed E-state index contributed by atoms with van der Waals surface area (Å²) < 4.78 is 2.13. The van der Waals surface area contributed by atoms with E-state index in [9.17, 15) is 4.79 Å². The summed E-state index contributed by atoms with van der Waals surface area (Å²) in [5.41, 5.74) is 0.775. The molecule has 1 amide bonds. The minimum Gasteiger partial charge on any atom is -0.395 e. The molecule has 0 radical (unpaired) electrons. The molecular weight excluding hydrogens is 254 g/mol. The van der Waals surface area contributed by atoms with Crippen molar-refractivity contribution in [2.24, 2.45) is 0 Å². The summed E-state index contributed by atoms with van der Waals surface area (Å²) >= 11 is 0. The van der Waals surface area contributed by atoms with E-state index in [1.165, 1.54) is 0 Å². The number of aromatic nitrogens is 1. The van der Waals surface area contributed by atoms with Gasteiger partial charge in [0.1, 0.15) is 5.69 Å². The molecule has 1 aliphatic heterocycles. The fourth-order valence-corrected chi connectivity index (χ4v) is 3.07. The predicted molar refractivity (Wildman–Crippen MR) is 76.7 cm³/mol. The Morgan fingerprint density at radius 1 is 1.35 bits per heavy atom. The molecule has 1 saturated heterocycles. The Bertz CT molecular complexity index is 461. The van der Waals surface area contributed by atoms with Crippen molar-refractivity contribution in [2.45, 2.75) is 37.8 Å². The summed E-state index contributed by atoms with van der Waals surface area (Å²) in [5, 5.41) is 12.5. The summed E-state index contributed by atoms with van der Waals surface area (Å²) in [6, 6.07) is 4.63. The third-order valence-electron chi connectivity index (χ3n) is 4.29. The van der Waals surface area contributed by atoms with Crippen LogP contribution in [0.3, 0.4) is 0 Å². The number of piperidine rings is 1. The molecule has 2 N–H and O–H groups in total. The van der Waals surface area contributed by atoms with Crippen molar-refractivity contribution < 1.29 is 9.90 Å². The van der Waals surface area contributed by atoms with Gasteiger partial charge in [0.05, 0.1) is 6.61 Å². The van der Waals surface area contributed by atoms with Crippen molar-refractivity contribution in [2.75, 3.05) is 26.2 Å². The van der Waals surface area contributed by atoms with Crippen molar-refractivity contribution in [1.29, 1.82) is 0 Å². The number of aliphatic hydroxyl groups excluding tert-OH is 1. The highest BCUT2D eigenvalue weighted by Crippen LogP contribution is 2.29. The standard InChI is InChI=1S/C15H23N3O2/c19-11-10-18(12-3-4-12)15(20)14-2-1-9-17(14)13-5-7-16-8-6-13/h1-2,9,12-13,16,19H,3-8,10-11H2. The van der Waals surface area contributed by atoms with Gasteiger partial charge in [-0.2, -0.15) is 0 Å². The Labute approximate surface area is 119 Å². The average molecular weight is 277 g/mol. The normalized spacial score (nSPS) is 20.1. The van der Waals surface area contributed by atoms with Gasteiger partial charge < -0.3 is 19.9 Å². The van der Waals surface area contributed by atoms with E-state index in [0.29, 0.717) is 18.6 Å². The van der Waals surface area contributed by atoms with E-state index in [-0.39, 0.29) is 12.5 Å². The highest BCUT2D eigenvalue weighted by atomic mass is 16.3. The van der Waals surface area contributed by atoms with Gasteiger partial charge in [-0.3, -0.25) is 4.79 Å². The first-order valence-corrected chi connectivity index (χ1v) is 7.60. The van der Waals surface area contributed by atoms with Gasteiger partial charge in [0.25, 0.3) is 5.91 Å².